The zero-order valence-corrected chi connectivity index (χ0v) is 85.8. The van der Waals surface area contributed by atoms with Crippen LogP contribution in [0.25, 0.3) is 11.4 Å². The number of halogens is 13. The molecule has 19 rings (SSSR count). The molecule has 8 aromatic rings. The summed E-state index contributed by atoms with van der Waals surface area (Å²) in [6.07, 6.45) is 5.97. The molecule has 802 valence electrons. The molecule has 2 amide bonds. The smallest absolute Gasteiger partial charge is 0.416 e. The minimum Gasteiger partial charge on any atom is -0.467 e. The third-order valence-electron chi connectivity index (χ3n) is 31.2. The lowest BCUT2D eigenvalue weighted by atomic mass is 9.83. The van der Waals surface area contributed by atoms with Crippen molar-refractivity contribution in [2.24, 2.45) is 11.8 Å². The number of amides is 2. The molecule has 0 bridgehead atoms. The van der Waals surface area contributed by atoms with Gasteiger partial charge in [-0.1, -0.05) is 105 Å². The van der Waals surface area contributed by atoms with Gasteiger partial charge in [-0.05, 0) is 226 Å². The summed E-state index contributed by atoms with van der Waals surface area (Å²) >= 11 is 0. The van der Waals surface area contributed by atoms with Gasteiger partial charge in [0, 0.05) is 177 Å². The number of ether oxygens (including phenoxy) is 6. The van der Waals surface area contributed by atoms with Gasteiger partial charge >= 0.3 is 30.7 Å². The van der Waals surface area contributed by atoms with Crippen molar-refractivity contribution in [1.29, 1.82) is 0 Å². The molecule has 7 saturated heterocycles. The summed E-state index contributed by atoms with van der Waals surface area (Å²) in [4.78, 5) is 72.6. The van der Waals surface area contributed by atoms with Gasteiger partial charge in [-0.3, -0.25) is 9.59 Å². The number of likely N-dealkylation sites (tertiary alicyclic amines) is 4. The summed E-state index contributed by atoms with van der Waals surface area (Å²) in [5.74, 6) is 3.11. The van der Waals surface area contributed by atoms with Crippen molar-refractivity contribution in [1.82, 2.24) is 75.4 Å². The number of benzene rings is 4. The first kappa shape index (κ1) is 110. The Bertz CT molecular complexity index is 5660. The molecule has 11 heterocycles. The standard InChI is InChI=1S/2C29H37F3N4O2.C28H33F4N3O2.C26H33F3N4O2/c2*1-18-25(16-20-5-4-6-22(15-20)29(30,31)32)34-28(21-7-8-21)35-27(18)19(2)36-12-9-23(10-13-36)33-24-11-14-38-17-26(24)37-3;1-17-24(15-19-3-2-4-22(14-19)28(30,31)32)33-26(20-5-6-20)34-25(17)27(36)35-10-7-18(8-11-35)13-21-9-12-37-16-23(21)29;1-17-22(16-18-7-6-8-19(15-18)26(27,28)29)31-25(35-2)32-23(17)24(34)33-13-11-21(12-14-33)30-20-9-4-3-5-10-20/h2*4-6,15,21,23-24,26,33H,2,7-14,16-17H2,1,3H3;2-4,14,18,20-21,23H,5-13,15-16H2,1H3;6-8,15,20-21,30H,3-5,9-14,16H2,1-2H3/t2*24-,26+;21-,23-;/m101./s1. The van der Waals surface area contributed by atoms with Gasteiger partial charge in [0.05, 0.1) is 107 Å². The van der Waals surface area contributed by atoms with Gasteiger partial charge in [-0.15, -0.1) is 0 Å². The van der Waals surface area contributed by atoms with Crippen molar-refractivity contribution in [2.75, 3.05) is 113 Å². The zero-order valence-electron chi connectivity index (χ0n) is 85.8. The highest BCUT2D eigenvalue weighted by Gasteiger charge is 2.42. The molecule has 4 aromatic carbocycles. The molecule has 4 aromatic heterocycles. The molecule has 0 unspecified atom stereocenters. The second-order valence-corrected chi connectivity index (χ2v) is 41.9. The zero-order chi connectivity index (χ0) is 105. The van der Waals surface area contributed by atoms with Crippen LogP contribution in [0.1, 0.15) is 305 Å². The average molecular weight is 2070 g/mol. The molecule has 11 aliphatic rings. The van der Waals surface area contributed by atoms with Crippen LogP contribution in [-0.4, -0.2) is 239 Å². The van der Waals surface area contributed by atoms with Crippen molar-refractivity contribution in [2.45, 2.75) is 298 Å². The van der Waals surface area contributed by atoms with Crippen molar-refractivity contribution < 1.29 is 95.1 Å². The largest absolute Gasteiger partial charge is 0.467 e. The first-order chi connectivity index (χ1) is 70.9. The minimum absolute atomic E-state index is 0.0321. The maximum absolute atomic E-state index is 14.2. The molecular formula is C112H140F13N15O8. The van der Waals surface area contributed by atoms with Crippen LogP contribution in [0.5, 0.6) is 6.01 Å². The monoisotopic (exact) mass is 2070 g/mol. The summed E-state index contributed by atoms with van der Waals surface area (Å²) < 4.78 is 206. The molecule has 0 spiro atoms. The van der Waals surface area contributed by atoms with Crippen LogP contribution in [0.4, 0.5) is 57.1 Å². The Kier molecular flexibility index (Phi) is 36.9. The number of hydrogen-bond donors (Lipinski definition) is 3. The van der Waals surface area contributed by atoms with E-state index in [2.05, 4.69) is 58.8 Å². The molecule has 4 aliphatic carbocycles. The quantitative estimate of drug-likeness (QED) is 0.0386. The van der Waals surface area contributed by atoms with Crippen LogP contribution in [-0.2, 0) is 74.1 Å². The normalized spacial score (nSPS) is 21.9. The minimum atomic E-state index is -4.42. The molecule has 4 saturated carbocycles. The van der Waals surface area contributed by atoms with Gasteiger partial charge < -0.3 is 64.0 Å². The Labute approximate surface area is 858 Å². The highest BCUT2D eigenvalue weighted by molar-refractivity contribution is 5.95. The lowest BCUT2D eigenvalue weighted by molar-refractivity contribution is -0.138. The number of methoxy groups -OCH3 is 3. The highest BCUT2D eigenvalue weighted by Crippen LogP contribution is 2.45. The fourth-order valence-electron chi connectivity index (χ4n) is 21.6. The average Bonchev–Trinajstić information content (AvgIpc) is 1.59. The van der Waals surface area contributed by atoms with Gasteiger partial charge in [0.1, 0.15) is 35.0 Å². The number of carbonyl (C=O) groups is 2. The number of nitrogens with one attached hydrogen (secondary N) is 3. The van der Waals surface area contributed by atoms with E-state index in [0.717, 1.165) is 248 Å². The fourth-order valence-corrected chi connectivity index (χ4v) is 21.6. The van der Waals surface area contributed by atoms with E-state index in [1.165, 1.54) is 75.6 Å². The molecule has 7 aliphatic heterocycles. The number of piperidine rings is 4. The van der Waals surface area contributed by atoms with E-state index < -0.39 is 53.1 Å². The summed E-state index contributed by atoms with van der Waals surface area (Å²) in [5, 5.41) is 11.3. The van der Waals surface area contributed by atoms with E-state index in [0.29, 0.717) is 169 Å². The first-order valence-electron chi connectivity index (χ1n) is 52.7. The Hall–Kier alpha value is -10.2. The predicted molar refractivity (Wildman–Crippen MR) is 536 cm³/mol. The number of hydrogen-bond acceptors (Lipinski definition) is 21. The molecule has 3 N–H and O–H groups in total. The predicted octanol–water partition coefficient (Wildman–Crippen LogP) is 21.0. The third-order valence-corrected chi connectivity index (χ3v) is 31.2. The lowest BCUT2D eigenvalue weighted by Crippen LogP contribution is -2.53. The van der Waals surface area contributed by atoms with Crippen molar-refractivity contribution in [3.8, 4) is 6.01 Å². The van der Waals surface area contributed by atoms with Crippen LogP contribution in [0.15, 0.2) is 110 Å². The van der Waals surface area contributed by atoms with E-state index in [1.807, 2.05) is 23.6 Å². The summed E-state index contributed by atoms with van der Waals surface area (Å²) in [5.41, 5.74) is 9.04. The van der Waals surface area contributed by atoms with Crippen molar-refractivity contribution in [3.63, 3.8) is 0 Å². The van der Waals surface area contributed by atoms with Crippen LogP contribution in [0, 0.1) is 39.5 Å². The fraction of sp³-hybridized carbons (Fsp3) is 0.589. The number of nitrogens with zero attached hydrogens (tertiary/aromatic N) is 12. The molecule has 0 radical (unpaired) electrons. The Morgan fingerprint density at radius 2 is 0.689 bits per heavy atom. The molecule has 36 heteroatoms. The van der Waals surface area contributed by atoms with E-state index in [-0.39, 0.29) is 67.0 Å². The molecule has 11 fully saturated rings. The number of alkyl halides is 13. The van der Waals surface area contributed by atoms with E-state index in [9.17, 15) is 66.7 Å². The van der Waals surface area contributed by atoms with E-state index >= 15 is 0 Å². The van der Waals surface area contributed by atoms with Crippen LogP contribution in [0.2, 0.25) is 0 Å². The Balaban J connectivity index is 0.000000141. The lowest BCUT2D eigenvalue weighted by Gasteiger charge is -2.39. The summed E-state index contributed by atoms with van der Waals surface area (Å²) in [7, 11) is 4.89. The third kappa shape index (κ3) is 29.4. The first-order valence-corrected chi connectivity index (χ1v) is 52.7. The van der Waals surface area contributed by atoms with Gasteiger partial charge in [0.2, 0.25) is 0 Å². The maximum atomic E-state index is 14.2. The highest BCUT2D eigenvalue weighted by atomic mass is 19.4. The molecule has 23 nitrogen and oxygen atoms in total. The summed E-state index contributed by atoms with van der Waals surface area (Å²) in [6.45, 7) is 25.8. The Morgan fingerprint density at radius 3 is 1.04 bits per heavy atom. The molecular weight excluding hydrogens is 1930 g/mol. The second-order valence-electron chi connectivity index (χ2n) is 41.9. The Morgan fingerprint density at radius 1 is 0.372 bits per heavy atom. The van der Waals surface area contributed by atoms with Crippen molar-refractivity contribution in [3.05, 3.63) is 240 Å². The summed E-state index contributed by atoms with van der Waals surface area (Å²) in [6, 6.07) is 23.9. The molecule has 148 heavy (non-hydrogen) atoms. The van der Waals surface area contributed by atoms with Gasteiger partial charge in [-0.25, -0.2) is 34.3 Å². The van der Waals surface area contributed by atoms with Crippen LogP contribution >= 0.6 is 0 Å². The topological polar surface area (TPSA) is 242 Å². The number of rotatable bonds is 28. The van der Waals surface area contributed by atoms with E-state index in [1.54, 1.807) is 52.3 Å². The van der Waals surface area contributed by atoms with Gasteiger partial charge in [0.25, 0.3) is 11.8 Å². The van der Waals surface area contributed by atoms with Crippen LogP contribution < -0.4 is 20.7 Å². The van der Waals surface area contributed by atoms with Crippen molar-refractivity contribution >= 4 is 23.2 Å². The molecule has 6 atom stereocenters. The maximum Gasteiger partial charge on any atom is 0.416 e. The van der Waals surface area contributed by atoms with Crippen LogP contribution in [0.3, 0.4) is 0 Å². The second kappa shape index (κ2) is 49.5. The van der Waals surface area contributed by atoms with Gasteiger partial charge in [-0.2, -0.15) is 62.7 Å². The van der Waals surface area contributed by atoms with E-state index in [4.69, 9.17) is 48.4 Å². The SMILES string of the molecule is C=C(c1nc(C2CC2)nc(Cc2cccc(C(F)(F)F)c2)c1C)N1CCC(N[C@@H]2CCOC[C@@H]2OC)CC1.C=C(c1nc(C2CC2)nc(Cc2cccc(C(F)(F)F)c2)c1C)N1CCC(N[C@H]2CCOC[C@H]2OC)CC1.COc1nc(Cc2cccc(C(F)(F)F)c2)c(C)c(C(=O)N2CCC(NC3CCCCC3)CC2)n1.Cc1c(Cc2cccc(C(F)(F)F)c2)nc(C2CC2)nc1C(=O)N1CCC(C[C@H]2CCOC[C@H]2F)CC1. The number of carbonyl (C=O) groups excluding carboxylic acids is 2. The van der Waals surface area contributed by atoms with Gasteiger partial charge in [0.15, 0.2) is 0 Å². The number of aromatic nitrogens is 8.